The molecule has 2 aromatic rings. The number of aliphatic hydroxyl groups excluding tert-OH is 1. The molecule has 0 heterocycles. The van der Waals surface area contributed by atoms with E-state index in [0.717, 1.165) is 15.2 Å². The number of nitrogens with one attached hydrogen (secondary N) is 2. The van der Waals surface area contributed by atoms with Crippen molar-refractivity contribution in [2.45, 2.75) is 25.4 Å². The molecule has 0 saturated heterocycles. The molecule has 0 aliphatic heterocycles. The summed E-state index contributed by atoms with van der Waals surface area (Å²) in [5, 5.41) is 11.5. The summed E-state index contributed by atoms with van der Waals surface area (Å²) in [7, 11) is 0. The minimum absolute atomic E-state index is 0.217. The number of hydrogen-bond acceptors (Lipinski definition) is 4. The molecule has 0 bridgehead atoms. The van der Waals surface area contributed by atoms with Gasteiger partial charge in [0.15, 0.2) is 11.6 Å². The summed E-state index contributed by atoms with van der Waals surface area (Å²) in [5.41, 5.74) is 2.12. The third-order valence-electron chi connectivity index (χ3n) is 4.31. The summed E-state index contributed by atoms with van der Waals surface area (Å²) in [6.07, 6.45) is 1.19. The second kappa shape index (κ2) is 7.86. The quantitative estimate of drug-likeness (QED) is 0.306. The molecule has 3 N–H and O–H groups in total. The lowest BCUT2D eigenvalue weighted by atomic mass is 10.1. The van der Waals surface area contributed by atoms with E-state index in [1.165, 1.54) is 0 Å². The Morgan fingerprint density at radius 3 is 2.63 bits per heavy atom. The molecule has 1 saturated carbocycles. The van der Waals surface area contributed by atoms with E-state index in [2.05, 4.69) is 33.4 Å². The van der Waals surface area contributed by atoms with Crippen molar-refractivity contribution in [3.63, 3.8) is 0 Å². The fraction of sp³-hybridized carbons (Fsp3) is 0.278. The van der Waals surface area contributed by atoms with Crippen molar-refractivity contribution in [3.8, 4) is 0 Å². The average Bonchev–Trinajstić information content (AvgIpc) is 3.42. The van der Waals surface area contributed by atoms with Crippen molar-refractivity contribution >= 4 is 51.5 Å². The van der Waals surface area contributed by atoms with E-state index in [-0.39, 0.29) is 17.9 Å². The first-order valence-corrected chi connectivity index (χ1v) is 9.52. The van der Waals surface area contributed by atoms with E-state index in [4.69, 9.17) is 16.4 Å². The second-order valence-electron chi connectivity index (χ2n) is 6.37. The van der Waals surface area contributed by atoms with Crippen LogP contribution in [0.5, 0.6) is 0 Å². The second-order valence-corrected chi connectivity index (χ2v) is 8.02. The average molecular weight is 509 g/mol. The van der Waals surface area contributed by atoms with Crippen LogP contribution in [0, 0.1) is 22.1 Å². The lowest BCUT2D eigenvalue weighted by molar-refractivity contribution is -0.0566. The van der Waals surface area contributed by atoms with Gasteiger partial charge >= 0.3 is 0 Å². The number of carbonyl (C=O) groups excluding carboxylic acids is 1. The van der Waals surface area contributed by atoms with Crippen molar-refractivity contribution < 1.29 is 23.5 Å². The van der Waals surface area contributed by atoms with Gasteiger partial charge in [-0.05, 0) is 72.2 Å². The standard InChI is InChI=1S/C18H16ClF2IN2O3/c1-9-6-10(22)2-3-13(9)23-16-11(7-12(19)14(20)15(16)21)17(26)24-27-18(8-25)4-5-18/h2-3,6-7,23,25H,4-5,8H2,1H3,(H,24,26). The fourth-order valence-electron chi connectivity index (χ4n) is 2.44. The van der Waals surface area contributed by atoms with Crippen LogP contribution in [-0.4, -0.2) is 23.2 Å². The van der Waals surface area contributed by atoms with Gasteiger partial charge in [0.25, 0.3) is 5.91 Å². The number of anilines is 2. The van der Waals surface area contributed by atoms with Crippen LogP contribution >= 0.6 is 34.2 Å². The minimum Gasteiger partial charge on any atom is -0.393 e. The normalized spacial score (nSPS) is 14.7. The van der Waals surface area contributed by atoms with E-state index in [1.807, 2.05) is 6.07 Å². The van der Waals surface area contributed by atoms with Gasteiger partial charge in [0.2, 0.25) is 0 Å². The molecule has 0 aromatic heterocycles. The van der Waals surface area contributed by atoms with Crippen LogP contribution in [0.15, 0.2) is 24.3 Å². The Kier molecular flexibility index (Phi) is 5.90. The Balaban J connectivity index is 1.93. The van der Waals surface area contributed by atoms with Gasteiger partial charge in [0, 0.05) is 9.26 Å². The van der Waals surface area contributed by atoms with Gasteiger partial charge in [-0.25, -0.2) is 14.3 Å². The SMILES string of the molecule is Cc1cc(I)ccc1Nc1c(C(=O)NOC2(CO)CC2)cc(Cl)c(F)c1F. The number of halogens is 4. The van der Waals surface area contributed by atoms with Crippen LogP contribution in [0.1, 0.15) is 28.8 Å². The van der Waals surface area contributed by atoms with E-state index in [1.54, 1.807) is 19.1 Å². The van der Waals surface area contributed by atoms with Crippen LogP contribution in [0.3, 0.4) is 0 Å². The summed E-state index contributed by atoms with van der Waals surface area (Å²) in [6.45, 7) is 1.55. The zero-order chi connectivity index (χ0) is 19.8. The van der Waals surface area contributed by atoms with Gasteiger partial charge in [-0.15, -0.1) is 0 Å². The smallest absolute Gasteiger partial charge is 0.277 e. The van der Waals surface area contributed by atoms with E-state index >= 15 is 0 Å². The van der Waals surface area contributed by atoms with Gasteiger partial charge in [-0.3, -0.25) is 9.63 Å². The van der Waals surface area contributed by atoms with Crippen molar-refractivity contribution in [2.24, 2.45) is 0 Å². The summed E-state index contributed by atoms with van der Waals surface area (Å²) in [4.78, 5) is 17.7. The highest BCUT2D eigenvalue weighted by Gasteiger charge is 2.45. The van der Waals surface area contributed by atoms with E-state index in [0.29, 0.717) is 18.5 Å². The van der Waals surface area contributed by atoms with Gasteiger partial charge < -0.3 is 10.4 Å². The van der Waals surface area contributed by atoms with Crippen molar-refractivity contribution in [1.29, 1.82) is 0 Å². The third-order valence-corrected chi connectivity index (χ3v) is 5.26. The summed E-state index contributed by atoms with van der Waals surface area (Å²) >= 11 is 7.85. The molecule has 1 aliphatic rings. The van der Waals surface area contributed by atoms with Crippen LogP contribution < -0.4 is 10.8 Å². The molecule has 5 nitrogen and oxygen atoms in total. The topological polar surface area (TPSA) is 70.6 Å². The fourth-order valence-corrected chi connectivity index (χ4v) is 3.28. The number of aliphatic hydroxyl groups is 1. The lowest BCUT2D eigenvalue weighted by Crippen LogP contribution is -2.33. The molecule has 27 heavy (non-hydrogen) atoms. The lowest BCUT2D eigenvalue weighted by Gasteiger charge is -2.18. The Labute approximate surface area is 173 Å². The molecular formula is C18H16ClF2IN2O3. The summed E-state index contributed by atoms with van der Waals surface area (Å²) < 4.78 is 29.5. The number of rotatable bonds is 6. The number of aryl methyl sites for hydroxylation is 1. The molecule has 0 atom stereocenters. The van der Waals surface area contributed by atoms with Crippen molar-refractivity contribution in [1.82, 2.24) is 5.48 Å². The molecule has 1 amide bonds. The molecule has 0 spiro atoms. The van der Waals surface area contributed by atoms with E-state index in [9.17, 15) is 18.7 Å². The first-order chi connectivity index (χ1) is 12.8. The largest absolute Gasteiger partial charge is 0.393 e. The minimum atomic E-state index is -1.27. The van der Waals surface area contributed by atoms with Crippen LogP contribution in [0.25, 0.3) is 0 Å². The number of hydroxylamine groups is 1. The molecule has 2 aromatic carbocycles. The Morgan fingerprint density at radius 2 is 2.04 bits per heavy atom. The van der Waals surface area contributed by atoms with Gasteiger partial charge in [-0.2, -0.15) is 0 Å². The van der Waals surface area contributed by atoms with Crippen LogP contribution in [-0.2, 0) is 4.84 Å². The zero-order valence-electron chi connectivity index (χ0n) is 14.2. The number of carbonyl (C=O) groups is 1. The van der Waals surface area contributed by atoms with Crippen molar-refractivity contribution in [3.05, 3.63) is 55.6 Å². The maximum absolute atomic E-state index is 14.5. The molecule has 1 fully saturated rings. The highest BCUT2D eigenvalue weighted by Crippen LogP contribution is 2.38. The molecule has 0 radical (unpaired) electrons. The van der Waals surface area contributed by atoms with E-state index < -0.39 is 28.2 Å². The molecule has 3 rings (SSSR count). The van der Waals surface area contributed by atoms with Gasteiger partial charge in [0.1, 0.15) is 5.60 Å². The number of benzene rings is 2. The van der Waals surface area contributed by atoms with Gasteiger partial charge in [0.05, 0.1) is 22.9 Å². The summed E-state index contributed by atoms with van der Waals surface area (Å²) in [6, 6.07) is 6.38. The Hall–Kier alpha value is -1.49. The molecule has 1 aliphatic carbocycles. The maximum atomic E-state index is 14.5. The molecule has 9 heteroatoms. The number of hydrogen-bond donors (Lipinski definition) is 3. The molecule has 144 valence electrons. The maximum Gasteiger partial charge on any atom is 0.277 e. The predicted molar refractivity (Wildman–Crippen MR) is 106 cm³/mol. The van der Waals surface area contributed by atoms with Crippen molar-refractivity contribution in [2.75, 3.05) is 11.9 Å². The first kappa shape index (κ1) is 20.2. The third kappa shape index (κ3) is 4.34. The highest BCUT2D eigenvalue weighted by molar-refractivity contribution is 14.1. The predicted octanol–water partition coefficient (Wildman–Crippen LogP) is 4.46. The van der Waals surface area contributed by atoms with Gasteiger partial charge in [-0.1, -0.05) is 11.6 Å². The highest BCUT2D eigenvalue weighted by atomic mass is 127. The monoisotopic (exact) mass is 508 g/mol. The Morgan fingerprint density at radius 1 is 1.33 bits per heavy atom. The first-order valence-electron chi connectivity index (χ1n) is 8.06. The zero-order valence-corrected chi connectivity index (χ0v) is 17.1. The summed E-state index contributed by atoms with van der Waals surface area (Å²) in [5.74, 6) is -3.33. The molecule has 0 unspecified atom stereocenters. The number of amides is 1. The van der Waals surface area contributed by atoms with Crippen LogP contribution in [0.4, 0.5) is 20.2 Å². The molecular weight excluding hydrogens is 493 g/mol. The van der Waals surface area contributed by atoms with Crippen LogP contribution in [0.2, 0.25) is 5.02 Å². The Bertz CT molecular complexity index is 907.